The predicted molar refractivity (Wildman–Crippen MR) is 135 cm³/mol. The molecule has 1 atom stereocenters. The third-order valence-corrected chi connectivity index (χ3v) is 6.71. The molecule has 1 aromatic rings. The van der Waals surface area contributed by atoms with E-state index in [1.807, 2.05) is 12.2 Å². The van der Waals surface area contributed by atoms with Gasteiger partial charge >= 0.3 is 12.1 Å². The lowest BCUT2D eigenvalue weighted by molar-refractivity contribution is -0.0297. The van der Waals surface area contributed by atoms with E-state index in [9.17, 15) is 9.59 Å². The second-order valence-corrected chi connectivity index (χ2v) is 9.33. The molecule has 0 bridgehead atoms. The maximum absolute atomic E-state index is 12.9. The molecule has 34 heavy (non-hydrogen) atoms. The monoisotopic (exact) mass is 487 g/mol. The number of anilines is 1. The van der Waals surface area contributed by atoms with Gasteiger partial charge in [0, 0.05) is 43.9 Å². The van der Waals surface area contributed by atoms with Crippen LogP contribution in [-0.2, 0) is 4.74 Å². The first-order valence-electron chi connectivity index (χ1n) is 11.8. The average Bonchev–Trinajstić information content (AvgIpc) is 2.80. The zero-order valence-corrected chi connectivity index (χ0v) is 20.4. The van der Waals surface area contributed by atoms with Gasteiger partial charge in [0.1, 0.15) is 10.8 Å². The van der Waals surface area contributed by atoms with Crippen LogP contribution in [0.4, 0.5) is 10.5 Å². The van der Waals surface area contributed by atoms with Crippen LogP contribution in [0.2, 0.25) is 0 Å². The van der Waals surface area contributed by atoms with E-state index in [0.717, 1.165) is 63.7 Å². The number of carbonyl (C=O) groups is 2. The highest BCUT2D eigenvalue weighted by atomic mass is 35.5. The van der Waals surface area contributed by atoms with Crippen LogP contribution in [0.25, 0.3) is 0 Å². The Labute approximate surface area is 206 Å². The Hall–Kier alpha value is -2.77. The van der Waals surface area contributed by atoms with Gasteiger partial charge in [-0.3, -0.25) is 9.80 Å². The number of hydrogen-bond acceptors (Lipinski definition) is 5. The van der Waals surface area contributed by atoms with Crippen molar-refractivity contribution in [1.29, 1.82) is 0 Å². The molecule has 2 heterocycles. The first kappa shape index (κ1) is 25.8. The SMILES string of the molecule is C=CCCC(=C)N/C(Cl)=C/CN1CCCCC2(CC1)CCN(c1ccc(C(=O)O)cc1)C(=O)O2. The number of benzene rings is 1. The summed E-state index contributed by atoms with van der Waals surface area (Å²) in [5.41, 5.74) is 1.25. The minimum absolute atomic E-state index is 0.191. The lowest BCUT2D eigenvalue weighted by Crippen LogP contribution is -2.51. The molecular weight excluding hydrogens is 454 g/mol. The van der Waals surface area contributed by atoms with E-state index < -0.39 is 11.6 Å². The Kier molecular flexibility index (Phi) is 9.19. The molecule has 2 aliphatic heterocycles. The maximum Gasteiger partial charge on any atom is 0.414 e. The number of allylic oxidation sites excluding steroid dienone is 2. The van der Waals surface area contributed by atoms with Crippen LogP contribution in [0.5, 0.6) is 0 Å². The third-order valence-electron chi connectivity index (χ3n) is 6.46. The van der Waals surface area contributed by atoms with Crippen molar-refractivity contribution >= 4 is 29.4 Å². The predicted octanol–water partition coefficient (Wildman–Crippen LogP) is 5.50. The molecule has 0 radical (unpaired) electrons. The smallest absolute Gasteiger partial charge is 0.414 e. The lowest BCUT2D eigenvalue weighted by atomic mass is 9.86. The Morgan fingerprint density at radius 2 is 1.91 bits per heavy atom. The zero-order chi connectivity index (χ0) is 24.6. The Morgan fingerprint density at radius 3 is 2.59 bits per heavy atom. The van der Waals surface area contributed by atoms with Crippen molar-refractivity contribution in [3.05, 3.63) is 66.0 Å². The van der Waals surface area contributed by atoms with Gasteiger partial charge in [0.25, 0.3) is 0 Å². The van der Waals surface area contributed by atoms with Crippen molar-refractivity contribution in [1.82, 2.24) is 10.2 Å². The zero-order valence-electron chi connectivity index (χ0n) is 19.6. The molecule has 1 unspecified atom stereocenters. The van der Waals surface area contributed by atoms with Gasteiger partial charge in [-0.15, -0.1) is 6.58 Å². The minimum Gasteiger partial charge on any atom is -0.478 e. The van der Waals surface area contributed by atoms with E-state index in [1.54, 1.807) is 17.0 Å². The number of carbonyl (C=O) groups excluding carboxylic acids is 1. The summed E-state index contributed by atoms with van der Waals surface area (Å²) in [6.45, 7) is 10.8. The number of amides is 1. The molecule has 2 N–H and O–H groups in total. The molecule has 2 aliphatic rings. The molecule has 8 heteroatoms. The normalized spacial score (nSPS) is 22.0. The van der Waals surface area contributed by atoms with Crippen molar-refractivity contribution in [3.8, 4) is 0 Å². The summed E-state index contributed by atoms with van der Waals surface area (Å²) in [6, 6.07) is 6.31. The first-order chi connectivity index (χ1) is 16.3. The van der Waals surface area contributed by atoms with Crippen LogP contribution >= 0.6 is 11.6 Å². The molecule has 1 spiro atoms. The highest BCUT2D eigenvalue weighted by Gasteiger charge is 2.41. The molecule has 0 saturated carbocycles. The lowest BCUT2D eigenvalue weighted by Gasteiger charge is -2.43. The van der Waals surface area contributed by atoms with Crippen LogP contribution < -0.4 is 10.2 Å². The fourth-order valence-electron chi connectivity index (χ4n) is 4.40. The number of hydrogen-bond donors (Lipinski definition) is 2. The Balaban J connectivity index is 1.55. The Bertz CT molecular complexity index is 930. The average molecular weight is 488 g/mol. The van der Waals surface area contributed by atoms with Crippen molar-refractivity contribution < 1.29 is 19.4 Å². The number of carboxylic acid groups (broad SMARTS) is 1. The molecular formula is C26H34ClN3O4. The first-order valence-corrected chi connectivity index (χ1v) is 12.2. The van der Waals surface area contributed by atoms with Gasteiger partial charge in [-0.2, -0.15) is 0 Å². The summed E-state index contributed by atoms with van der Waals surface area (Å²) in [5.74, 6) is -0.990. The van der Waals surface area contributed by atoms with E-state index in [0.29, 0.717) is 23.9 Å². The summed E-state index contributed by atoms with van der Waals surface area (Å²) < 4.78 is 6.03. The number of carboxylic acids is 1. The summed E-state index contributed by atoms with van der Waals surface area (Å²) in [4.78, 5) is 27.9. The molecule has 7 nitrogen and oxygen atoms in total. The van der Waals surface area contributed by atoms with E-state index >= 15 is 0 Å². The number of halogens is 1. The van der Waals surface area contributed by atoms with Crippen LogP contribution in [0, 0.1) is 0 Å². The van der Waals surface area contributed by atoms with Gasteiger partial charge in [0.2, 0.25) is 0 Å². The maximum atomic E-state index is 12.9. The molecule has 184 valence electrons. The van der Waals surface area contributed by atoms with Gasteiger partial charge < -0.3 is 15.2 Å². The second kappa shape index (κ2) is 12.1. The van der Waals surface area contributed by atoms with E-state index in [-0.39, 0.29) is 11.7 Å². The van der Waals surface area contributed by atoms with E-state index in [2.05, 4.69) is 23.4 Å². The molecule has 0 aromatic heterocycles. The van der Waals surface area contributed by atoms with Crippen molar-refractivity contribution in [2.45, 2.75) is 50.5 Å². The van der Waals surface area contributed by atoms with Crippen molar-refractivity contribution in [3.63, 3.8) is 0 Å². The van der Waals surface area contributed by atoms with Gasteiger partial charge in [-0.25, -0.2) is 9.59 Å². The molecule has 2 saturated heterocycles. The fraction of sp³-hybridized carbons (Fsp3) is 0.462. The largest absolute Gasteiger partial charge is 0.478 e. The van der Waals surface area contributed by atoms with Crippen molar-refractivity contribution in [2.75, 3.05) is 31.1 Å². The summed E-state index contributed by atoms with van der Waals surface area (Å²) in [5, 5.41) is 12.8. The Morgan fingerprint density at radius 1 is 1.18 bits per heavy atom. The second-order valence-electron chi connectivity index (χ2n) is 8.92. The number of nitrogens with zero attached hydrogens (tertiary/aromatic N) is 2. The van der Waals surface area contributed by atoms with Crippen molar-refractivity contribution in [2.24, 2.45) is 0 Å². The summed E-state index contributed by atoms with van der Waals surface area (Å²) >= 11 is 6.34. The van der Waals surface area contributed by atoms with Gasteiger partial charge in [0.15, 0.2) is 0 Å². The number of nitrogens with one attached hydrogen (secondary N) is 1. The molecule has 0 aliphatic carbocycles. The molecule has 3 rings (SSSR count). The minimum atomic E-state index is -0.990. The van der Waals surface area contributed by atoms with Gasteiger partial charge in [-0.1, -0.05) is 24.3 Å². The summed E-state index contributed by atoms with van der Waals surface area (Å²) in [7, 11) is 0. The quantitative estimate of drug-likeness (QED) is 0.353. The standard InChI is InChI=1S/C26H34ClN3O4/c1-3-4-7-20(2)28-23(27)12-17-29-16-6-5-13-26(14-18-29)15-19-30(25(33)34-26)22-10-8-21(9-11-22)24(31)32/h3,8-12,28H,1-2,4-7,13-19H2,(H,31,32)/b23-12+. The van der Waals surface area contributed by atoms with Gasteiger partial charge in [-0.05, 0) is 69.0 Å². The molecule has 1 amide bonds. The van der Waals surface area contributed by atoms with Crippen LogP contribution in [0.15, 0.2) is 60.4 Å². The molecule has 2 fully saturated rings. The molecule has 1 aromatic carbocycles. The third kappa shape index (κ3) is 7.11. The summed E-state index contributed by atoms with van der Waals surface area (Å²) in [6.07, 6.45) is 9.50. The highest BCUT2D eigenvalue weighted by molar-refractivity contribution is 6.29. The number of likely N-dealkylation sites (tertiary alicyclic amines) is 1. The van der Waals surface area contributed by atoms with Gasteiger partial charge in [0.05, 0.1) is 5.56 Å². The van der Waals surface area contributed by atoms with Crippen LogP contribution in [-0.4, -0.2) is 53.8 Å². The van der Waals surface area contributed by atoms with E-state index in [1.165, 1.54) is 12.1 Å². The van der Waals surface area contributed by atoms with E-state index in [4.69, 9.17) is 21.4 Å². The number of rotatable bonds is 9. The fourth-order valence-corrected chi connectivity index (χ4v) is 4.60. The highest BCUT2D eigenvalue weighted by Crippen LogP contribution is 2.35. The topological polar surface area (TPSA) is 82.1 Å². The van der Waals surface area contributed by atoms with Crippen LogP contribution in [0.3, 0.4) is 0 Å². The number of ether oxygens (including phenoxy) is 1. The van der Waals surface area contributed by atoms with Crippen LogP contribution in [0.1, 0.15) is 55.3 Å². The number of aromatic carboxylic acids is 1.